The summed E-state index contributed by atoms with van der Waals surface area (Å²) >= 11 is 1.64. The molecule has 3 heterocycles. The van der Waals surface area contributed by atoms with Gasteiger partial charge in [0.15, 0.2) is 0 Å². The van der Waals surface area contributed by atoms with Gasteiger partial charge in [-0.15, -0.1) is 11.3 Å². The van der Waals surface area contributed by atoms with Gasteiger partial charge < -0.3 is 10.2 Å². The fraction of sp³-hybridized carbons (Fsp3) is 0.353. The second kappa shape index (κ2) is 5.45. The molecule has 0 radical (unpaired) electrons. The minimum atomic E-state index is -0.366. The van der Waals surface area contributed by atoms with E-state index in [0.717, 1.165) is 28.4 Å². The van der Waals surface area contributed by atoms with Gasteiger partial charge in [-0.05, 0) is 37.5 Å². The Morgan fingerprint density at radius 2 is 2.26 bits per heavy atom. The van der Waals surface area contributed by atoms with E-state index in [0.29, 0.717) is 19.4 Å². The summed E-state index contributed by atoms with van der Waals surface area (Å²) in [5.41, 5.74) is 4.22. The molecule has 2 amide bonds. The molecule has 2 aliphatic rings. The summed E-state index contributed by atoms with van der Waals surface area (Å²) in [5, 5.41) is 5.87. The number of benzene rings is 1. The Labute approximate surface area is 138 Å². The molecule has 1 aromatic carbocycles. The highest BCUT2D eigenvalue weighted by Gasteiger charge is 2.34. The van der Waals surface area contributed by atoms with E-state index in [9.17, 15) is 9.59 Å². The summed E-state index contributed by atoms with van der Waals surface area (Å²) in [5.74, 6) is -0.0242. The van der Waals surface area contributed by atoms with E-state index in [1.54, 1.807) is 11.3 Å². The largest absolute Gasteiger partial charge is 0.344 e. The zero-order valence-corrected chi connectivity index (χ0v) is 13.7. The third-order valence-corrected chi connectivity index (χ3v) is 5.22. The van der Waals surface area contributed by atoms with Crippen LogP contribution in [-0.4, -0.2) is 29.4 Å². The van der Waals surface area contributed by atoms with Crippen LogP contribution in [0.1, 0.15) is 23.4 Å². The van der Waals surface area contributed by atoms with Crippen molar-refractivity contribution in [2.75, 3.05) is 11.4 Å². The van der Waals surface area contributed by atoms with Gasteiger partial charge in [-0.3, -0.25) is 9.59 Å². The topological polar surface area (TPSA) is 62.3 Å². The number of nitrogens with one attached hydrogen (secondary N) is 1. The van der Waals surface area contributed by atoms with Crippen LogP contribution in [0.2, 0.25) is 0 Å². The van der Waals surface area contributed by atoms with Crippen LogP contribution in [0.5, 0.6) is 0 Å². The van der Waals surface area contributed by atoms with E-state index in [4.69, 9.17) is 0 Å². The maximum Gasteiger partial charge on any atom is 0.249 e. The molecule has 0 spiro atoms. The molecule has 1 fully saturated rings. The number of amides is 2. The maximum atomic E-state index is 12.6. The van der Waals surface area contributed by atoms with Gasteiger partial charge in [0.05, 0.1) is 10.7 Å². The highest BCUT2D eigenvalue weighted by molar-refractivity contribution is 7.09. The molecule has 118 valence electrons. The molecule has 23 heavy (non-hydrogen) atoms. The fourth-order valence-corrected chi connectivity index (χ4v) is 3.90. The minimum Gasteiger partial charge on any atom is -0.344 e. The van der Waals surface area contributed by atoms with Crippen LogP contribution in [0.25, 0.3) is 11.3 Å². The number of hydrogen-bond acceptors (Lipinski definition) is 4. The molecule has 0 saturated carbocycles. The molecule has 0 aliphatic carbocycles. The first-order valence-corrected chi connectivity index (χ1v) is 8.66. The summed E-state index contributed by atoms with van der Waals surface area (Å²) in [6.45, 7) is 2.68. The molecule has 1 aromatic heterocycles. The Kier molecular flexibility index (Phi) is 3.41. The third kappa shape index (κ3) is 2.53. The standard InChI is InChI=1S/C17H17N3O2S/c1-10-18-14(9-23-10)11-2-4-15-12(8-11)6-7-20(15)17(22)13-3-5-16(21)19-13/h2,4,8-9,13H,3,5-7H2,1H3,(H,19,21)/t13-/m1/s1. The lowest BCUT2D eigenvalue weighted by atomic mass is 10.1. The summed E-state index contributed by atoms with van der Waals surface area (Å²) in [7, 11) is 0. The molecular weight excluding hydrogens is 310 g/mol. The van der Waals surface area contributed by atoms with Crippen molar-refractivity contribution >= 4 is 28.8 Å². The number of carbonyl (C=O) groups excluding carboxylic acids is 2. The molecular formula is C17H17N3O2S. The molecule has 1 N–H and O–H groups in total. The number of thiazole rings is 1. The Bertz CT molecular complexity index is 799. The number of rotatable bonds is 2. The van der Waals surface area contributed by atoms with E-state index in [2.05, 4.69) is 21.7 Å². The number of hydrogen-bond donors (Lipinski definition) is 1. The summed E-state index contributed by atoms with van der Waals surface area (Å²) in [6.07, 6.45) is 1.89. The van der Waals surface area contributed by atoms with Crippen LogP contribution in [0.4, 0.5) is 5.69 Å². The van der Waals surface area contributed by atoms with Crippen LogP contribution in [0, 0.1) is 6.92 Å². The van der Waals surface area contributed by atoms with Crippen molar-refractivity contribution in [3.8, 4) is 11.3 Å². The zero-order valence-electron chi connectivity index (χ0n) is 12.8. The average Bonchev–Trinajstić information content (AvgIpc) is 3.25. The molecule has 4 rings (SSSR count). The summed E-state index contributed by atoms with van der Waals surface area (Å²) in [6, 6.07) is 5.78. The molecule has 0 bridgehead atoms. The molecule has 2 aliphatic heterocycles. The molecule has 6 heteroatoms. The highest BCUT2D eigenvalue weighted by Crippen LogP contribution is 2.33. The second-order valence-electron chi connectivity index (χ2n) is 5.99. The first kappa shape index (κ1) is 14.4. The van der Waals surface area contributed by atoms with Gasteiger partial charge in [0.25, 0.3) is 0 Å². The maximum absolute atomic E-state index is 12.6. The third-order valence-electron chi connectivity index (χ3n) is 4.45. The number of carbonyl (C=O) groups is 2. The Hall–Kier alpha value is -2.21. The van der Waals surface area contributed by atoms with Crippen LogP contribution in [0.15, 0.2) is 23.6 Å². The second-order valence-corrected chi connectivity index (χ2v) is 7.06. The lowest BCUT2D eigenvalue weighted by molar-refractivity contribution is -0.124. The SMILES string of the molecule is Cc1nc(-c2ccc3c(c2)CCN3C(=O)[C@H]2CCC(=O)N2)cs1. The van der Waals surface area contributed by atoms with Gasteiger partial charge in [0, 0.05) is 29.6 Å². The normalized spacial score (nSPS) is 19.8. The van der Waals surface area contributed by atoms with Gasteiger partial charge in [-0.2, -0.15) is 0 Å². The predicted molar refractivity (Wildman–Crippen MR) is 89.5 cm³/mol. The van der Waals surface area contributed by atoms with Crippen LogP contribution < -0.4 is 10.2 Å². The fourth-order valence-electron chi connectivity index (χ4n) is 3.27. The van der Waals surface area contributed by atoms with Crippen molar-refractivity contribution < 1.29 is 9.59 Å². The number of anilines is 1. The highest BCUT2D eigenvalue weighted by atomic mass is 32.1. The van der Waals surface area contributed by atoms with Crippen molar-refractivity contribution in [1.82, 2.24) is 10.3 Å². The lowest BCUT2D eigenvalue weighted by Gasteiger charge is -2.21. The first-order chi connectivity index (χ1) is 11.1. The lowest BCUT2D eigenvalue weighted by Crippen LogP contribution is -2.43. The predicted octanol–water partition coefficient (Wildman–Crippen LogP) is 2.29. The van der Waals surface area contributed by atoms with Crippen molar-refractivity contribution in [3.63, 3.8) is 0 Å². The van der Waals surface area contributed by atoms with Gasteiger partial charge >= 0.3 is 0 Å². The van der Waals surface area contributed by atoms with Crippen molar-refractivity contribution in [1.29, 1.82) is 0 Å². The zero-order chi connectivity index (χ0) is 16.0. The van der Waals surface area contributed by atoms with E-state index < -0.39 is 0 Å². The number of fused-ring (bicyclic) bond motifs is 1. The number of nitrogens with zero attached hydrogens (tertiary/aromatic N) is 2. The Morgan fingerprint density at radius 1 is 1.39 bits per heavy atom. The minimum absolute atomic E-state index is 0.00635. The Morgan fingerprint density at radius 3 is 2.96 bits per heavy atom. The van der Waals surface area contributed by atoms with Gasteiger partial charge in [-0.1, -0.05) is 6.07 Å². The van der Waals surface area contributed by atoms with Crippen LogP contribution in [0.3, 0.4) is 0 Å². The van der Waals surface area contributed by atoms with Gasteiger partial charge in [0.2, 0.25) is 11.8 Å². The van der Waals surface area contributed by atoms with E-state index in [1.165, 1.54) is 5.56 Å². The van der Waals surface area contributed by atoms with Gasteiger partial charge in [0.1, 0.15) is 6.04 Å². The quantitative estimate of drug-likeness (QED) is 0.920. The van der Waals surface area contributed by atoms with E-state index >= 15 is 0 Å². The first-order valence-electron chi connectivity index (χ1n) is 7.78. The van der Waals surface area contributed by atoms with Crippen molar-refractivity contribution in [2.45, 2.75) is 32.2 Å². The van der Waals surface area contributed by atoms with Crippen molar-refractivity contribution in [3.05, 3.63) is 34.2 Å². The average molecular weight is 327 g/mol. The van der Waals surface area contributed by atoms with Crippen molar-refractivity contribution in [2.24, 2.45) is 0 Å². The summed E-state index contributed by atoms with van der Waals surface area (Å²) < 4.78 is 0. The van der Waals surface area contributed by atoms with E-state index in [1.807, 2.05) is 24.0 Å². The van der Waals surface area contributed by atoms with E-state index in [-0.39, 0.29) is 17.9 Å². The number of aromatic nitrogens is 1. The molecule has 1 atom stereocenters. The summed E-state index contributed by atoms with van der Waals surface area (Å²) in [4.78, 5) is 30.3. The molecule has 1 saturated heterocycles. The molecule has 2 aromatic rings. The van der Waals surface area contributed by atoms with Crippen LogP contribution in [-0.2, 0) is 16.0 Å². The van der Waals surface area contributed by atoms with Gasteiger partial charge in [-0.25, -0.2) is 4.98 Å². The smallest absolute Gasteiger partial charge is 0.249 e. The Balaban J connectivity index is 1.60. The monoisotopic (exact) mass is 327 g/mol. The number of aryl methyl sites for hydroxylation is 1. The molecule has 0 unspecified atom stereocenters. The van der Waals surface area contributed by atoms with Crippen LogP contribution >= 0.6 is 11.3 Å². The molecule has 5 nitrogen and oxygen atoms in total.